The van der Waals surface area contributed by atoms with Gasteiger partial charge in [-0.15, -0.1) is 0 Å². The molecule has 7 heteroatoms. The molecule has 0 saturated carbocycles. The molecule has 1 heterocycles. The van der Waals surface area contributed by atoms with Crippen LogP contribution < -0.4 is 10.6 Å². The smallest absolute Gasteiger partial charge is 0.292 e. The summed E-state index contributed by atoms with van der Waals surface area (Å²) < 4.78 is 0. The van der Waals surface area contributed by atoms with E-state index in [4.69, 9.17) is 0 Å². The van der Waals surface area contributed by atoms with Crippen molar-refractivity contribution in [2.45, 2.75) is 13.3 Å². The molecular formula is C14H15N3O3S. The number of anilines is 2. The molecule has 110 valence electrons. The molecule has 0 bridgehead atoms. The van der Waals surface area contributed by atoms with E-state index in [0.717, 1.165) is 6.42 Å². The topological polar surface area (TPSA) is 84.3 Å². The molecule has 0 aliphatic rings. The van der Waals surface area contributed by atoms with Crippen molar-refractivity contribution in [3.05, 3.63) is 50.7 Å². The number of thiophene rings is 1. The van der Waals surface area contributed by atoms with Crippen LogP contribution in [0.4, 0.5) is 17.1 Å². The molecule has 1 aromatic heterocycles. The van der Waals surface area contributed by atoms with Gasteiger partial charge in [-0.2, -0.15) is 11.3 Å². The van der Waals surface area contributed by atoms with Gasteiger partial charge in [0.2, 0.25) is 0 Å². The van der Waals surface area contributed by atoms with Crippen molar-refractivity contribution in [3.8, 4) is 0 Å². The number of nitro groups is 1. The third-order valence-electron chi connectivity index (χ3n) is 2.80. The maximum atomic E-state index is 12.1. The molecule has 2 rings (SSSR count). The fraction of sp³-hybridized carbons (Fsp3) is 0.214. The fourth-order valence-electron chi connectivity index (χ4n) is 1.78. The van der Waals surface area contributed by atoms with E-state index in [9.17, 15) is 14.9 Å². The SMILES string of the molecule is CCCNc1cc(C(=O)Nc2ccsc2)ccc1[N+](=O)[O-]. The van der Waals surface area contributed by atoms with E-state index in [0.29, 0.717) is 23.5 Å². The lowest BCUT2D eigenvalue weighted by atomic mass is 10.1. The number of carbonyl (C=O) groups is 1. The zero-order chi connectivity index (χ0) is 15.2. The first-order valence-electron chi connectivity index (χ1n) is 6.47. The van der Waals surface area contributed by atoms with Crippen LogP contribution in [0.5, 0.6) is 0 Å². The summed E-state index contributed by atoms with van der Waals surface area (Å²) in [5.41, 5.74) is 1.42. The van der Waals surface area contributed by atoms with E-state index in [2.05, 4.69) is 10.6 Å². The minimum Gasteiger partial charge on any atom is -0.379 e. The van der Waals surface area contributed by atoms with Crippen LogP contribution in [0.15, 0.2) is 35.0 Å². The van der Waals surface area contributed by atoms with E-state index < -0.39 is 4.92 Å². The van der Waals surface area contributed by atoms with Crippen LogP contribution in [0.2, 0.25) is 0 Å². The number of nitrogens with one attached hydrogen (secondary N) is 2. The van der Waals surface area contributed by atoms with Crippen molar-refractivity contribution < 1.29 is 9.72 Å². The normalized spacial score (nSPS) is 10.1. The molecule has 0 aliphatic heterocycles. The molecule has 0 saturated heterocycles. The van der Waals surface area contributed by atoms with Crippen molar-refractivity contribution >= 4 is 34.3 Å². The summed E-state index contributed by atoms with van der Waals surface area (Å²) in [6, 6.07) is 6.11. The predicted molar refractivity (Wildman–Crippen MR) is 84.1 cm³/mol. The van der Waals surface area contributed by atoms with Gasteiger partial charge in [0.25, 0.3) is 11.6 Å². The number of hydrogen-bond donors (Lipinski definition) is 2. The van der Waals surface area contributed by atoms with E-state index >= 15 is 0 Å². The average molecular weight is 305 g/mol. The molecule has 0 unspecified atom stereocenters. The lowest BCUT2D eigenvalue weighted by Gasteiger charge is -2.08. The van der Waals surface area contributed by atoms with Gasteiger partial charge in [0, 0.05) is 23.6 Å². The Bertz CT molecular complexity index is 641. The Morgan fingerprint density at radius 3 is 2.81 bits per heavy atom. The molecule has 0 fully saturated rings. The van der Waals surface area contributed by atoms with Gasteiger partial charge < -0.3 is 10.6 Å². The molecule has 0 aliphatic carbocycles. The van der Waals surface area contributed by atoms with Gasteiger partial charge in [-0.1, -0.05) is 6.92 Å². The average Bonchev–Trinajstić information content (AvgIpc) is 2.97. The highest BCUT2D eigenvalue weighted by Gasteiger charge is 2.16. The van der Waals surface area contributed by atoms with E-state index in [-0.39, 0.29) is 11.6 Å². The third kappa shape index (κ3) is 3.79. The second-order valence-corrected chi connectivity index (χ2v) is 5.16. The molecule has 2 aromatic rings. The predicted octanol–water partition coefficient (Wildman–Crippen LogP) is 3.73. The van der Waals surface area contributed by atoms with Crippen molar-refractivity contribution in [2.24, 2.45) is 0 Å². The van der Waals surface area contributed by atoms with Gasteiger partial charge in [-0.3, -0.25) is 14.9 Å². The van der Waals surface area contributed by atoms with Crippen LogP contribution in [0.25, 0.3) is 0 Å². The Kier molecular flexibility index (Phi) is 4.89. The Morgan fingerprint density at radius 1 is 1.38 bits per heavy atom. The maximum absolute atomic E-state index is 12.1. The summed E-state index contributed by atoms with van der Waals surface area (Å²) in [7, 11) is 0. The second kappa shape index (κ2) is 6.85. The first-order chi connectivity index (χ1) is 10.1. The van der Waals surface area contributed by atoms with Crippen LogP contribution in [0.3, 0.4) is 0 Å². The minimum atomic E-state index is -0.460. The van der Waals surface area contributed by atoms with Crippen LogP contribution in [-0.2, 0) is 0 Å². The monoisotopic (exact) mass is 305 g/mol. The molecule has 21 heavy (non-hydrogen) atoms. The second-order valence-electron chi connectivity index (χ2n) is 4.38. The number of carbonyl (C=O) groups excluding carboxylic acids is 1. The molecule has 0 spiro atoms. The van der Waals surface area contributed by atoms with Crippen LogP contribution in [0.1, 0.15) is 23.7 Å². The first kappa shape index (κ1) is 15.0. The molecule has 1 aromatic carbocycles. The number of rotatable bonds is 6. The number of amides is 1. The van der Waals surface area contributed by atoms with E-state index in [1.54, 1.807) is 6.07 Å². The van der Waals surface area contributed by atoms with Gasteiger partial charge >= 0.3 is 0 Å². The largest absolute Gasteiger partial charge is 0.379 e. The Hall–Kier alpha value is -2.41. The lowest BCUT2D eigenvalue weighted by molar-refractivity contribution is -0.384. The summed E-state index contributed by atoms with van der Waals surface area (Å²) in [4.78, 5) is 22.6. The number of nitrogens with zero attached hydrogens (tertiary/aromatic N) is 1. The standard InChI is InChI=1S/C14H15N3O3S/c1-2-6-15-12-8-10(3-4-13(12)17(19)20)14(18)16-11-5-7-21-9-11/h3-5,7-9,15H,2,6H2,1H3,(H,16,18). The molecule has 0 radical (unpaired) electrons. The van der Waals surface area contributed by atoms with Gasteiger partial charge in [-0.05, 0) is 30.0 Å². The van der Waals surface area contributed by atoms with Gasteiger partial charge in [0.15, 0.2) is 0 Å². The van der Waals surface area contributed by atoms with Crippen molar-refractivity contribution in [3.63, 3.8) is 0 Å². The Balaban J connectivity index is 2.23. The van der Waals surface area contributed by atoms with Gasteiger partial charge in [0.1, 0.15) is 5.69 Å². The zero-order valence-electron chi connectivity index (χ0n) is 11.5. The third-order valence-corrected chi connectivity index (χ3v) is 3.48. The molecule has 2 N–H and O–H groups in total. The minimum absolute atomic E-state index is 0.0319. The first-order valence-corrected chi connectivity index (χ1v) is 7.42. The lowest BCUT2D eigenvalue weighted by Crippen LogP contribution is -2.12. The molecule has 1 amide bonds. The van der Waals surface area contributed by atoms with Crippen LogP contribution >= 0.6 is 11.3 Å². The van der Waals surface area contributed by atoms with Gasteiger partial charge in [-0.25, -0.2) is 0 Å². The quantitative estimate of drug-likeness (QED) is 0.629. The van der Waals surface area contributed by atoms with E-state index in [1.807, 2.05) is 17.7 Å². The highest BCUT2D eigenvalue weighted by molar-refractivity contribution is 7.08. The summed E-state index contributed by atoms with van der Waals surface area (Å²) in [6.07, 6.45) is 0.836. The summed E-state index contributed by atoms with van der Waals surface area (Å²) in [6.45, 7) is 2.57. The van der Waals surface area contributed by atoms with Crippen molar-refractivity contribution in [2.75, 3.05) is 17.2 Å². The maximum Gasteiger partial charge on any atom is 0.292 e. The molecule has 6 nitrogen and oxygen atoms in total. The molecule has 0 atom stereocenters. The number of benzene rings is 1. The van der Waals surface area contributed by atoms with Crippen LogP contribution in [-0.4, -0.2) is 17.4 Å². The highest BCUT2D eigenvalue weighted by Crippen LogP contribution is 2.26. The van der Waals surface area contributed by atoms with Gasteiger partial charge in [0.05, 0.1) is 10.6 Å². The summed E-state index contributed by atoms with van der Waals surface area (Å²) in [5, 5.41) is 20.4. The summed E-state index contributed by atoms with van der Waals surface area (Å²) in [5.74, 6) is -0.289. The summed E-state index contributed by atoms with van der Waals surface area (Å²) >= 11 is 1.48. The number of nitro benzene ring substituents is 1. The van der Waals surface area contributed by atoms with Crippen molar-refractivity contribution in [1.29, 1.82) is 0 Å². The molecular weight excluding hydrogens is 290 g/mol. The zero-order valence-corrected chi connectivity index (χ0v) is 12.3. The fourth-order valence-corrected chi connectivity index (χ4v) is 2.36. The van der Waals surface area contributed by atoms with E-state index in [1.165, 1.54) is 29.5 Å². The highest BCUT2D eigenvalue weighted by atomic mass is 32.1. The van der Waals surface area contributed by atoms with Crippen LogP contribution in [0, 0.1) is 10.1 Å². The number of hydrogen-bond acceptors (Lipinski definition) is 5. The Labute approximate surface area is 126 Å². The Morgan fingerprint density at radius 2 is 2.19 bits per heavy atom. The van der Waals surface area contributed by atoms with Crippen molar-refractivity contribution in [1.82, 2.24) is 0 Å².